The number of nitrogens with zero attached hydrogens (tertiary/aromatic N) is 3. The van der Waals surface area contributed by atoms with Gasteiger partial charge in [0.05, 0.1) is 0 Å². The van der Waals surface area contributed by atoms with Crippen LogP contribution in [-0.4, -0.2) is 16.7 Å². The summed E-state index contributed by atoms with van der Waals surface area (Å²) in [7, 11) is 0. The molecule has 0 aliphatic carbocycles. The van der Waals surface area contributed by atoms with Crippen molar-refractivity contribution in [2.24, 2.45) is 9.98 Å². The number of aromatic nitrogens is 1. The van der Waals surface area contributed by atoms with Gasteiger partial charge in [-0.05, 0) is 74.6 Å². The molecule has 1 unspecified atom stereocenters. The summed E-state index contributed by atoms with van der Waals surface area (Å²) in [6, 6.07) is 48.4. The van der Waals surface area contributed by atoms with Crippen LogP contribution in [0.15, 0.2) is 160 Å². The van der Waals surface area contributed by atoms with Crippen LogP contribution in [0.5, 0.6) is 0 Å². The second kappa shape index (κ2) is 10.3. The van der Waals surface area contributed by atoms with E-state index in [0.717, 1.165) is 61.2 Å². The van der Waals surface area contributed by atoms with E-state index in [9.17, 15) is 0 Å². The van der Waals surface area contributed by atoms with Crippen molar-refractivity contribution in [1.29, 1.82) is 0 Å². The maximum absolute atomic E-state index is 6.38. The van der Waals surface area contributed by atoms with Crippen molar-refractivity contribution in [3.8, 4) is 11.1 Å². The average Bonchev–Trinajstić information content (AvgIpc) is 3.49. The molecule has 45 heavy (non-hydrogen) atoms. The fourth-order valence-electron chi connectivity index (χ4n) is 6.31. The van der Waals surface area contributed by atoms with Gasteiger partial charge in [0.25, 0.3) is 0 Å². The molecule has 0 saturated heterocycles. The first-order chi connectivity index (χ1) is 22.3. The van der Waals surface area contributed by atoms with E-state index in [1.165, 1.54) is 16.2 Å². The Morgan fingerprint density at radius 1 is 0.533 bits per heavy atom. The van der Waals surface area contributed by atoms with Crippen molar-refractivity contribution in [1.82, 2.24) is 10.3 Å². The zero-order chi connectivity index (χ0) is 29.7. The van der Waals surface area contributed by atoms with Crippen molar-refractivity contribution in [2.75, 3.05) is 0 Å². The minimum atomic E-state index is -0.434. The monoisotopic (exact) mass is 578 g/mol. The highest BCUT2D eigenvalue weighted by Crippen LogP contribution is 2.37. The van der Waals surface area contributed by atoms with E-state index in [1.54, 1.807) is 6.20 Å². The first-order valence-corrected chi connectivity index (χ1v) is 15.0. The van der Waals surface area contributed by atoms with Crippen molar-refractivity contribution in [2.45, 2.75) is 6.17 Å². The van der Waals surface area contributed by atoms with Gasteiger partial charge < -0.3 is 9.73 Å². The molecule has 3 heterocycles. The summed E-state index contributed by atoms with van der Waals surface area (Å²) in [5.74, 6) is 1.51. The van der Waals surface area contributed by atoms with Crippen LogP contribution in [0.2, 0.25) is 0 Å². The number of nitrogens with one attached hydrogen (secondary N) is 1. The number of benzene rings is 6. The van der Waals surface area contributed by atoms with Crippen molar-refractivity contribution >= 4 is 55.3 Å². The lowest BCUT2D eigenvalue weighted by Gasteiger charge is -2.23. The van der Waals surface area contributed by atoms with Crippen LogP contribution >= 0.6 is 0 Å². The summed E-state index contributed by atoms with van der Waals surface area (Å²) in [5.41, 5.74) is 6.47. The van der Waals surface area contributed by atoms with Gasteiger partial charge >= 0.3 is 0 Å². The Labute approximate surface area is 259 Å². The van der Waals surface area contributed by atoms with Crippen molar-refractivity contribution in [3.63, 3.8) is 0 Å². The van der Waals surface area contributed by atoms with Gasteiger partial charge in [0.15, 0.2) is 6.17 Å². The highest BCUT2D eigenvalue weighted by atomic mass is 16.3. The third kappa shape index (κ3) is 4.45. The molecule has 8 aromatic rings. The summed E-state index contributed by atoms with van der Waals surface area (Å²) in [6.45, 7) is 0. The van der Waals surface area contributed by atoms with Crippen LogP contribution < -0.4 is 5.32 Å². The highest BCUT2D eigenvalue weighted by Gasteiger charge is 2.25. The average molecular weight is 579 g/mol. The first-order valence-electron chi connectivity index (χ1n) is 15.0. The molecule has 0 bridgehead atoms. The smallest absolute Gasteiger partial charge is 0.227 e. The third-order valence-electron chi connectivity index (χ3n) is 8.55. The Kier molecular flexibility index (Phi) is 5.81. The van der Waals surface area contributed by atoms with Crippen LogP contribution in [0.25, 0.3) is 54.7 Å². The number of furan rings is 1. The van der Waals surface area contributed by atoms with Crippen molar-refractivity contribution < 1.29 is 4.42 Å². The topological polar surface area (TPSA) is 62.8 Å². The van der Waals surface area contributed by atoms with Gasteiger partial charge in [0.2, 0.25) is 5.71 Å². The lowest BCUT2D eigenvalue weighted by molar-refractivity contribution is 0.654. The molecule has 9 rings (SSSR count). The second-order valence-corrected chi connectivity index (χ2v) is 11.3. The molecule has 0 radical (unpaired) electrons. The van der Waals surface area contributed by atoms with E-state index < -0.39 is 6.17 Å². The Hall–Kier alpha value is -6.07. The molecule has 212 valence electrons. The van der Waals surface area contributed by atoms with Gasteiger partial charge in [-0.3, -0.25) is 0 Å². The Balaban J connectivity index is 1.28. The van der Waals surface area contributed by atoms with Crippen molar-refractivity contribution in [3.05, 3.63) is 162 Å². The van der Waals surface area contributed by atoms with E-state index in [4.69, 9.17) is 14.4 Å². The fraction of sp³-hybridized carbons (Fsp3) is 0.0250. The van der Waals surface area contributed by atoms with Crippen LogP contribution in [0.1, 0.15) is 22.9 Å². The van der Waals surface area contributed by atoms with E-state index >= 15 is 0 Å². The third-order valence-corrected chi connectivity index (χ3v) is 8.55. The minimum Gasteiger partial charge on any atom is -0.438 e. The standard InChI is InChI=1S/C40H26N4O/c1-2-11-27(12-3-1)37-42-38(31-19-17-26-10-5-7-14-29(26)22-31)44-39(43-37)34-23-32(30-18-16-25-9-4-6-13-28(25)21-30)24-35-36(34)33-15-8-20-41-40(33)45-35/h1-24,38H,(H,42,43,44). The lowest BCUT2D eigenvalue weighted by Crippen LogP contribution is -2.36. The number of aliphatic imine (C=N–C) groups is 2. The number of hydrogen-bond acceptors (Lipinski definition) is 5. The maximum atomic E-state index is 6.38. The molecule has 1 aliphatic rings. The summed E-state index contributed by atoms with van der Waals surface area (Å²) in [5, 5.41) is 10.3. The fourth-order valence-corrected chi connectivity index (χ4v) is 6.31. The number of pyridine rings is 1. The highest BCUT2D eigenvalue weighted by molar-refractivity contribution is 6.24. The van der Waals surface area contributed by atoms with Crippen LogP contribution in [0, 0.1) is 0 Å². The normalized spacial score (nSPS) is 14.9. The van der Waals surface area contributed by atoms with Crippen LogP contribution in [0.3, 0.4) is 0 Å². The van der Waals surface area contributed by atoms with Gasteiger partial charge in [-0.15, -0.1) is 0 Å². The van der Waals surface area contributed by atoms with Gasteiger partial charge in [0, 0.05) is 28.1 Å². The van der Waals surface area contributed by atoms with Crippen LogP contribution in [0.4, 0.5) is 0 Å². The number of amidine groups is 2. The molecule has 0 spiro atoms. The van der Waals surface area contributed by atoms with Crippen LogP contribution in [-0.2, 0) is 0 Å². The lowest BCUT2D eigenvalue weighted by atomic mass is 9.96. The SMILES string of the molecule is c1ccc(C2=NC(c3ccc4ccccc4c3)N=C(c3cc(-c4ccc5ccccc5c4)cc4oc5ncccc5c34)N2)cc1. The molecule has 0 amide bonds. The van der Waals surface area contributed by atoms with Gasteiger partial charge in [-0.25, -0.2) is 15.0 Å². The maximum Gasteiger partial charge on any atom is 0.227 e. The molecule has 5 heteroatoms. The van der Waals surface area contributed by atoms with Gasteiger partial charge in [-0.1, -0.05) is 103 Å². The molecule has 1 atom stereocenters. The Bertz CT molecular complexity index is 2470. The van der Waals surface area contributed by atoms with Gasteiger partial charge in [0.1, 0.15) is 17.3 Å². The number of rotatable bonds is 4. The van der Waals surface area contributed by atoms with E-state index in [2.05, 4.69) is 126 Å². The minimum absolute atomic E-state index is 0.434. The first kappa shape index (κ1) is 25.4. The molecule has 0 saturated carbocycles. The predicted molar refractivity (Wildman–Crippen MR) is 184 cm³/mol. The van der Waals surface area contributed by atoms with E-state index in [-0.39, 0.29) is 0 Å². The summed E-state index contributed by atoms with van der Waals surface area (Å²) < 4.78 is 6.38. The largest absolute Gasteiger partial charge is 0.438 e. The molecule has 0 fully saturated rings. The van der Waals surface area contributed by atoms with E-state index in [1.807, 2.05) is 24.3 Å². The molecule has 1 N–H and O–H groups in total. The predicted octanol–water partition coefficient (Wildman–Crippen LogP) is 9.45. The second-order valence-electron chi connectivity index (χ2n) is 11.3. The molecule has 6 aromatic carbocycles. The zero-order valence-corrected chi connectivity index (χ0v) is 24.2. The zero-order valence-electron chi connectivity index (χ0n) is 24.2. The molecular weight excluding hydrogens is 552 g/mol. The Morgan fingerprint density at radius 3 is 2.07 bits per heavy atom. The molecular formula is C40H26N4O. The molecule has 1 aliphatic heterocycles. The summed E-state index contributed by atoms with van der Waals surface area (Å²) in [4.78, 5) is 15.0. The quantitative estimate of drug-likeness (QED) is 0.226. The number of hydrogen-bond donors (Lipinski definition) is 1. The number of fused-ring (bicyclic) bond motifs is 5. The summed E-state index contributed by atoms with van der Waals surface area (Å²) in [6.07, 6.45) is 1.33. The Morgan fingerprint density at radius 2 is 1.24 bits per heavy atom. The van der Waals surface area contributed by atoms with Gasteiger partial charge in [-0.2, -0.15) is 0 Å². The molecule has 5 nitrogen and oxygen atoms in total. The molecule has 2 aromatic heterocycles. The summed E-state index contributed by atoms with van der Waals surface area (Å²) >= 11 is 0. The van der Waals surface area contributed by atoms with E-state index in [0.29, 0.717) is 5.71 Å².